The van der Waals surface area contributed by atoms with E-state index in [0.29, 0.717) is 0 Å². The number of rotatable bonds is 1. The molecule has 0 amide bonds. The lowest BCUT2D eigenvalue weighted by molar-refractivity contribution is -0.167. The van der Waals surface area contributed by atoms with Crippen molar-refractivity contribution in [1.29, 1.82) is 0 Å². The monoisotopic (exact) mass is 202 g/mol. The van der Waals surface area contributed by atoms with Gasteiger partial charge in [-0.15, -0.1) is 0 Å². The van der Waals surface area contributed by atoms with Gasteiger partial charge in [-0.05, 0) is 20.8 Å². The highest BCUT2D eigenvalue weighted by Crippen LogP contribution is 2.47. The molecule has 82 valence electrons. The maximum atomic E-state index is 11.7. The predicted molar refractivity (Wildman–Crippen MR) is 50.2 cm³/mol. The Morgan fingerprint density at radius 2 is 1.50 bits per heavy atom. The molecule has 0 atom stereocenters. The topological polar surface area (TPSA) is 51.4 Å². The molecular weight excluding hydrogens is 184 g/mol. The molecule has 0 aliphatic carbocycles. The van der Waals surface area contributed by atoms with Gasteiger partial charge in [-0.2, -0.15) is 9.78 Å². The van der Waals surface area contributed by atoms with Crippen LogP contribution in [0.1, 0.15) is 41.5 Å². The molecule has 0 saturated carbocycles. The van der Waals surface area contributed by atoms with Crippen LogP contribution in [0.3, 0.4) is 0 Å². The van der Waals surface area contributed by atoms with E-state index >= 15 is 0 Å². The average Bonchev–Trinajstić information content (AvgIpc) is 2.56. The van der Waals surface area contributed by atoms with E-state index in [0.717, 1.165) is 0 Å². The predicted octanol–water partition coefficient (Wildman–Crippen LogP) is 2.03. The standard InChI is InChI=1S/C10H18O4/c1-8(2,3)10(13-14-10)7(11)12-9(4,5)6/h1-6H3. The summed E-state index contributed by atoms with van der Waals surface area (Å²) >= 11 is 0. The van der Waals surface area contributed by atoms with Crippen molar-refractivity contribution in [3.8, 4) is 0 Å². The largest absolute Gasteiger partial charge is 0.456 e. The average molecular weight is 202 g/mol. The number of hydrogen-bond donors (Lipinski definition) is 0. The molecule has 1 fully saturated rings. The molecule has 1 aliphatic heterocycles. The maximum absolute atomic E-state index is 11.7. The number of ether oxygens (including phenoxy) is 1. The Kier molecular flexibility index (Phi) is 2.41. The van der Waals surface area contributed by atoms with Crippen LogP contribution < -0.4 is 0 Å². The van der Waals surface area contributed by atoms with E-state index < -0.39 is 22.8 Å². The Morgan fingerprint density at radius 3 is 1.71 bits per heavy atom. The molecule has 1 heterocycles. The van der Waals surface area contributed by atoms with Crippen LogP contribution in [0, 0.1) is 5.41 Å². The summed E-state index contributed by atoms with van der Waals surface area (Å²) in [6, 6.07) is 0. The van der Waals surface area contributed by atoms with Crippen molar-refractivity contribution in [1.82, 2.24) is 0 Å². The fourth-order valence-electron chi connectivity index (χ4n) is 1.01. The molecule has 0 radical (unpaired) electrons. The summed E-state index contributed by atoms with van der Waals surface area (Å²) < 4.78 is 5.20. The first-order valence-corrected chi connectivity index (χ1v) is 4.69. The Balaban J connectivity index is 2.72. The van der Waals surface area contributed by atoms with Gasteiger partial charge in [0.15, 0.2) is 0 Å². The van der Waals surface area contributed by atoms with Gasteiger partial charge >= 0.3 is 11.8 Å². The summed E-state index contributed by atoms with van der Waals surface area (Å²) in [5.74, 6) is -1.67. The van der Waals surface area contributed by atoms with Gasteiger partial charge in [0.05, 0.1) is 0 Å². The van der Waals surface area contributed by atoms with Crippen molar-refractivity contribution in [3.05, 3.63) is 0 Å². The summed E-state index contributed by atoms with van der Waals surface area (Å²) in [4.78, 5) is 21.3. The number of carbonyl (C=O) groups excluding carboxylic acids is 1. The second-order valence-electron chi connectivity index (χ2n) is 5.54. The van der Waals surface area contributed by atoms with E-state index in [1.54, 1.807) is 0 Å². The third kappa shape index (κ3) is 2.07. The second kappa shape index (κ2) is 2.94. The minimum Gasteiger partial charge on any atom is -0.456 e. The Labute approximate surface area is 84.4 Å². The van der Waals surface area contributed by atoms with Gasteiger partial charge in [-0.3, -0.25) is 0 Å². The van der Waals surface area contributed by atoms with Crippen molar-refractivity contribution in [2.24, 2.45) is 5.41 Å². The van der Waals surface area contributed by atoms with Gasteiger partial charge in [-0.1, -0.05) is 20.8 Å². The molecule has 14 heavy (non-hydrogen) atoms. The van der Waals surface area contributed by atoms with Crippen LogP contribution in [0.25, 0.3) is 0 Å². The summed E-state index contributed by atoms with van der Waals surface area (Å²) in [6.07, 6.45) is 0. The minimum atomic E-state index is -1.21. The van der Waals surface area contributed by atoms with E-state index in [9.17, 15) is 4.79 Å². The Hall–Kier alpha value is -0.610. The zero-order chi connectivity index (χ0) is 11.2. The molecule has 4 nitrogen and oxygen atoms in total. The highest BCUT2D eigenvalue weighted by atomic mass is 17.4. The van der Waals surface area contributed by atoms with Crippen molar-refractivity contribution in [2.45, 2.75) is 52.9 Å². The molecule has 1 saturated heterocycles. The maximum Gasteiger partial charge on any atom is 0.373 e. The Morgan fingerprint density at radius 1 is 1.07 bits per heavy atom. The van der Waals surface area contributed by atoms with Crippen LogP contribution in [0.2, 0.25) is 0 Å². The van der Waals surface area contributed by atoms with Crippen LogP contribution in [0.15, 0.2) is 0 Å². The molecule has 0 aromatic heterocycles. The third-order valence-electron chi connectivity index (χ3n) is 1.90. The summed E-state index contributed by atoms with van der Waals surface area (Å²) in [7, 11) is 0. The van der Waals surface area contributed by atoms with Gasteiger partial charge in [-0.25, -0.2) is 4.79 Å². The molecule has 0 aromatic carbocycles. The first-order chi connectivity index (χ1) is 6.08. The minimum absolute atomic E-state index is 0.421. The van der Waals surface area contributed by atoms with Gasteiger partial charge in [0, 0.05) is 5.41 Å². The zero-order valence-corrected chi connectivity index (χ0v) is 9.63. The fraction of sp³-hybridized carbons (Fsp3) is 0.900. The highest BCUT2D eigenvalue weighted by Gasteiger charge is 2.67. The summed E-state index contributed by atoms with van der Waals surface area (Å²) in [5.41, 5.74) is -0.944. The smallest absolute Gasteiger partial charge is 0.373 e. The molecule has 0 bridgehead atoms. The quantitative estimate of drug-likeness (QED) is 0.371. The van der Waals surface area contributed by atoms with Crippen molar-refractivity contribution in [3.63, 3.8) is 0 Å². The van der Waals surface area contributed by atoms with Gasteiger partial charge < -0.3 is 4.74 Å². The van der Waals surface area contributed by atoms with Gasteiger partial charge in [0.2, 0.25) is 0 Å². The fourth-order valence-corrected chi connectivity index (χ4v) is 1.01. The van der Waals surface area contributed by atoms with E-state index in [1.165, 1.54) is 0 Å². The molecule has 0 N–H and O–H groups in total. The van der Waals surface area contributed by atoms with Crippen molar-refractivity contribution in [2.75, 3.05) is 0 Å². The van der Waals surface area contributed by atoms with E-state index in [-0.39, 0.29) is 0 Å². The Bertz CT molecular complexity index is 240. The van der Waals surface area contributed by atoms with E-state index in [4.69, 9.17) is 14.5 Å². The van der Waals surface area contributed by atoms with Crippen LogP contribution in [-0.4, -0.2) is 17.4 Å². The first kappa shape index (κ1) is 11.5. The number of esters is 1. The van der Waals surface area contributed by atoms with Crippen LogP contribution in [-0.2, 0) is 19.3 Å². The second-order valence-corrected chi connectivity index (χ2v) is 5.54. The normalized spacial score (nSPS) is 20.4. The zero-order valence-electron chi connectivity index (χ0n) is 9.63. The van der Waals surface area contributed by atoms with Gasteiger partial charge in [0.25, 0.3) is 0 Å². The van der Waals surface area contributed by atoms with E-state index in [2.05, 4.69) is 0 Å². The lowest BCUT2D eigenvalue weighted by atomic mass is 9.86. The molecule has 4 heteroatoms. The SMILES string of the molecule is CC(C)(C)OC(=O)C1(C(C)(C)C)OO1. The molecule has 0 spiro atoms. The molecular formula is C10H18O4. The molecule has 0 aromatic rings. The summed E-state index contributed by atoms with van der Waals surface area (Å²) in [6.45, 7) is 11.0. The molecule has 0 unspecified atom stereocenters. The van der Waals surface area contributed by atoms with Crippen molar-refractivity contribution >= 4 is 5.97 Å². The van der Waals surface area contributed by atoms with Crippen LogP contribution >= 0.6 is 0 Å². The summed E-state index contributed by atoms with van der Waals surface area (Å²) in [5, 5.41) is 0. The number of carbonyl (C=O) groups is 1. The van der Waals surface area contributed by atoms with E-state index in [1.807, 2.05) is 41.5 Å². The molecule has 1 rings (SSSR count). The lowest BCUT2D eigenvalue weighted by Crippen LogP contribution is -2.42. The lowest BCUT2D eigenvalue weighted by Gasteiger charge is -2.26. The third-order valence-corrected chi connectivity index (χ3v) is 1.90. The van der Waals surface area contributed by atoms with Crippen LogP contribution in [0.5, 0.6) is 0 Å². The number of hydrogen-bond acceptors (Lipinski definition) is 4. The van der Waals surface area contributed by atoms with Crippen LogP contribution in [0.4, 0.5) is 0 Å². The molecule has 1 aliphatic rings. The highest BCUT2D eigenvalue weighted by molar-refractivity contribution is 5.80. The first-order valence-electron chi connectivity index (χ1n) is 4.69. The van der Waals surface area contributed by atoms with Gasteiger partial charge in [0.1, 0.15) is 5.60 Å². The van der Waals surface area contributed by atoms with Crippen molar-refractivity contribution < 1.29 is 19.3 Å².